The van der Waals surface area contributed by atoms with E-state index in [1.807, 2.05) is 0 Å². The van der Waals surface area contributed by atoms with Gasteiger partial charge in [-0.15, -0.1) is 0 Å². The first kappa shape index (κ1) is 12.1. The molecule has 0 atom stereocenters. The van der Waals surface area contributed by atoms with Crippen LogP contribution in [0.25, 0.3) is 0 Å². The maximum Gasteiger partial charge on any atom is 0.288 e. The minimum atomic E-state index is -0.642. The Balaban J connectivity index is 2.31. The highest BCUT2D eigenvalue weighted by Gasteiger charge is 2.19. The molecule has 0 unspecified atom stereocenters. The molecule has 2 rings (SSSR count). The van der Waals surface area contributed by atoms with Crippen molar-refractivity contribution in [1.29, 1.82) is 0 Å². The van der Waals surface area contributed by atoms with E-state index in [9.17, 15) is 14.9 Å². The summed E-state index contributed by atoms with van der Waals surface area (Å²) in [5, 5.41) is 19.2. The van der Waals surface area contributed by atoms with E-state index in [0.29, 0.717) is 5.69 Å². The van der Waals surface area contributed by atoms with Gasteiger partial charge in [0, 0.05) is 12.3 Å². The lowest BCUT2D eigenvalue weighted by Gasteiger charge is -2.04. The van der Waals surface area contributed by atoms with E-state index < -0.39 is 10.8 Å². The number of benzene rings is 1. The number of rotatable bonds is 3. The Bertz CT molecular complexity index is 597. The number of carbonyl (C=O) groups is 1. The van der Waals surface area contributed by atoms with Gasteiger partial charge in [-0.25, -0.2) is 0 Å². The molecular weight excluding hydrogens is 260 g/mol. The van der Waals surface area contributed by atoms with Crippen molar-refractivity contribution in [3.8, 4) is 0 Å². The minimum absolute atomic E-state index is 0.0343. The van der Waals surface area contributed by atoms with Gasteiger partial charge in [-0.05, 0) is 6.07 Å². The van der Waals surface area contributed by atoms with E-state index >= 15 is 0 Å². The van der Waals surface area contributed by atoms with Crippen molar-refractivity contribution in [3.63, 3.8) is 0 Å². The molecule has 0 aliphatic carbocycles. The molecule has 0 fully saturated rings. The summed E-state index contributed by atoms with van der Waals surface area (Å²) in [6.45, 7) is 0. The molecule has 0 spiro atoms. The molecule has 92 valence electrons. The Hall–Kier alpha value is -2.41. The Labute approximate surface area is 106 Å². The van der Waals surface area contributed by atoms with Gasteiger partial charge in [0.15, 0.2) is 0 Å². The predicted molar refractivity (Wildman–Crippen MR) is 64.6 cm³/mol. The molecule has 1 aromatic carbocycles. The Morgan fingerprint density at radius 2 is 2.28 bits per heavy atom. The zero-order valence-corrected chi connectivity index (χ0v) is 9.64. The normalized spacial score (nSPS) is 10.1. The molecule has 0 aliphatic rings. The molecule has 1 aromatic heterocycles. The van der Waals surface area contributed by atoms with Gasteiger partial charge >= 0.3 is 0 Å². The third-order valence-corrected chi connectivity index (χ3v) is 2.57. The number of amides is 1. The van der Waals surface area contributed by atoms with Crippen molar-refractivity contribution in [3.05, 3.63) is 51.3 Å². The number of nitrogens with one attached hydrogen (secondary N) is 2. The topological polar surface area (TPSA) is 101 Å². The summed E-state index contributed by atoms with van der Waals surface area (Å²) in [4.78, 5) is 21.9. The highest BCUT2D eigenvalue weighted by molar-refractivity contribution is 6.36. The molecule has 0 bridgehead atoms. The summed E-state index contributed by atoms with van der Waals surface area (Å²) in [6, 6.07) is 4.04. The van der Waals surface area contributed by atoms with Crippen LogP contribution in [-0.4, -0.2) is 21.0 Å². The smallest absolute Gasteiger partial charge is 0.288 e. The second-order valence-electron chi connectivity index (χ2n) is 3.34. The largest absolute Gasteiger partial charge is 0.319 e. The fourth-order valence-corrected chi connectivity index (χ4v) is 1.63. The lowest BCUT2D eigenvalue weighted by Crippen LogP contribution is -2.12. The molecule has 8 heteroatoms. The van der Waals surface area contributed by atoms with Crippen molar-refractivity contribution in [1.82, 2.24) is 10.2 Å². The minimum Gasteiger partial charge on any atom is -0.319 e. The van der Waals surface area contributed by atoms with E-state index in [1.54, 1.807) is 0 Å². The van der Waals surface area contributed by atoms with Gasteiger partial charge in [0.05, 0.1) is 22.4 Å². The van der Waals surface area contributed by atoms with Crippen molar-refractivity contribution in [2.75, 3.05) is 5.32 Å². The molecule has 2 aromatic rings. The molecule has 0 saturated heterocycles. The van der Waals surface area contributed by atoms with E-state index in [-0.39, 0.29) is 16.3 Å². The van der Waals surface area contributed by atoms with Crippen molar-refractivity contribution < 1.29 is 9.72 Å². The average Bonchev–Trinajstić information content (AvgIpc) is 2.81. The Morgan fingerprint density at radius 1 is 1.50 bits per heavy atom. The number of anilines is 1. The predicted octanol–water partition coefficient (Wildman–Crippen LogP) is 2.22. The summed E-state index contributed by atoms with van der Waals surface area (Å²) in [5.74, 6) is -0.537. The molecule has 0 aliphatic heterocycles. The lowest BCUT2D eigenvalue weighted by molar-refractivity contribution is -0.384. The molecule has 0 saturated carbocycles. The number of nitro benzene ring substituents is 1. The number of nitrogens with zero attached hydrogens (tertiary/aromatic N) is 2. The summed E-state index contributed by atoms with van der Waals surface area (Å²) < 4.78 is 0. The highest BCUT2D eigenvalue weighted by Crippen LogP contribution is 2.28. The van der Waals surface area contributed by atoms with Crippen LogP contribution in [-0.2, 0) is 0 Å². The van der Waals surface area contributed by atoms with Gasteiger partial charge in [-0.2, -0.15) is 5.10 Å². The van der Waals surface area contributed by atoms with Gasteiger partial charge < -0.3 is 5.32 Å². The summed E-state index contributed by atoms with van der Waals surface area (Å²) in [7, 11) is 0. The van der Waals surface area contributed by atoms with Crippen LogP contribution in [0.4, 0.5) is 11.4 Å². The number of aromatic amines is 1. The van der Waals surface area contributed by atoms with Crippen molar-refractivity contribution >= 4 is 28.9 Å². The van der Waals surface area contributed by atoms with E-state index in [2.05, 4.69) is 15.5 Å². The maximum atomic E-state index is 11.8. The van der Waals surface area contributed by atoms with E-state index in [4.69, 9.17) is 11.6 Å². The first-order chi connectivity index (χ1) is 8.59. The second kappa shape index (κ2) is 4.84. The number of aromatic nitrogens is 2. The van der Waals surface area contributed by atoms with Gasteiger partial charge in [-0.3, -0.25) is 20.0 Å². The monoisotopic (exact) mass is 266 g/mol. The third-order valence-electron chi connectivity index (χ3n) is 2.18. The van der Waals surface area contributed by atoms with Crippen molar-refractivity contribution in [2.45, 2.75) is 0 Å². The number of hydrogen-bond acceptors (Lipinski definition) is 4. The zero-order valence-electron chi connectivity index (χ0n) is 8.88. The first-order valence-corrected chi connectivity index (χ1v) is 5.20. The maximum absolute atomic E-state index is 11.8. The molecule has 1 amide bonds. The van der Waals surface area contributed by atoms with Crippen LogP contribution in [0.3, 0.4) is 0 Å². The SMILES string of the molecule is O=C(Nc1cn[nH]c1)c1cccc([N+](=O)[O-])c1Cl. The molecule has 1 heterocycles. The van der Waals surface area contributed by atoms with Crippen LogP contribution in [0.1, 0.15) is 10.4 Å². The van der Waals surface area contributed by atoms with Crippen LogP contribution in [0, 0.1) is 10.1 Å². The quantitative estimate of drug-likeness (QED) is 0.657. The summed E-state index contributed by atoms with van der Waals surface area (Å²) >= 11 is 5.81. The molecule has 18 heavy (non-hydrogen) atoms. The van der Waals surface area contributed by atoms with Gasteiger partial charge in [0.2, 0.25) is 0 Å². The molecule has 0 radical (unpaired) electrons. The summed E-state index contributed by atoms with van der Waals surface area (Å²) in [5.41, 5.74) is 0.172. The van der Waals surface area contributed by atoms with E-state index in [0.717, 1.165) is 0 Å². The summed E-state index contributed by atoms with van der Waals surface area (Å²) in [6.07, 6.45) is 2.88. The van der Waals surface area contributed by atoms with Crippen LogP contribution in [0.2, 0.25) is 5.02 Å². The van der Waals surface area contributed by atoms with Gasteiger partial charge in [0.1, 0.15) is 5.02 Å². The number of hydrogen-bond donors (Lipinski definition) is 2. The average molecular weight is 267 g/mol. The molecule has 2 N–H and O–H groups in total. The zero-order chi connectivity index (χ0) is 13.1. The number of H-pyrrole nitrogens is 1. The fourth-order valence-electron chi connectivity index (χ4n) is 1.35. The van der Waals surface area contributed by atoms with E-state index in [1.165, 1.54) is 30.6 Å². The van der Waals surface area contributed by atoms with Crippen LogP contribution < -0.4 is 5.32 Å². The molecular formula is C10H7ClN4O3. The number of carbonyl (C=O) groups excluding carboxylic acids is 1. The lowest BCUT2D eigenvalue weighted by atomic mass is 10.2. The first-order valence-electron chi connectivity index (χ1n) is 4.82. The second-order valence-corrected chi connectivity index (χ2v) is 3.71. The number of halogens is 1. The fraction of sp³-hybridized carbons (Fsp3) is 0. The van der Waals surface area contributed by atoms with Crippen LogP contribution in [0.15, 0.2) is 30.6 Å². The Kier molecular flexibility index (Phi) is 3.24. The standard InChI is InChI=1S/C10H7ClN4O3/c11-9-7(2-1-3-8(9)15(17)18)10(16)14-6-4-12-13-5-6/h1-5H,(H,12,13)(H,14,16). The van der Waals surface area contributed by atoms with Gasteiger partial charge in [0.25, 0.3) is 11.6 Å². The number of nitro groups is 1. The van der Waals surface area contributed by atoms with Gasteiger partial charge in [-0.1, -0.05) is 17.7 Å². The van der Waals surface area contributed by atoms with Crippen LogP contribution in [0.5, 0.6) is 0 Å². The Morgan fingerprint density at radius 3 is 2.89 bits per heavy atom. The van der Waals surface area contributed by atoms with Crippen LogP contribution >= 0.6 is 11.6 Å². The third kappa shape index (κ3) is 2.30. The van der Waals surface area contributed by atoms with Crippen molar-refractivity contribution in [2.24, 2.45) is 0 Å². The highest BCUT2D eigenvalue weighted by atomic mass is 35.5. The molecule has 7 nitrogen and oxygen atoms in total.